The summed E-state index contributed by atoms with van der Waals surface area (Å²) in [5.41, 5.74) is 17.0. The number of carbonyl (C=O) groups is 2. The van der Waals surface area contributed by atoms with Crippen LogP contribution in [0.5, 0.6) is 5.75 Å². The van der Waals surface area contributed by atoms with Crippen LogP contribution in [0.25, 0.3) is 0 Å². The Kier molecular flexibility index (Phi) is 16.6. The molecule has 1 amide bonds. The van der Waals surface area contributed by atoms with Crippen LogP contribution in [0.2, 0.25) is 0 Å². The third kappa shape index (κ3) is 12.6. The van der Waals surface area contributed by atoms with Crippen molar-refractivity contribution in [3.63, 3.8) is 0 Å². The van der Waals surface area contributed by atoms with Gasteiger partial charge in [0.1, 0.15) is 23.8 Å². The first-order valence-corrected chi connectivity index (χ1v) is 26.5. The van der Waals surface area contributed by atoms with Crippen molar-refractivity contribution in [2.75, 3.05) is 36.0 Å². The molecule has 4 N–H and O–H groups in total. The number of nitrogens with zero attached hydrogens (tertiary/aromatic N) is 2. The minimum atomic E-state index is -4.04. The van der Waals surface area contributed by atoms with Gasteiger partial charge in [0.15, 0.2) is 5.71 Å². The van der Waals surface area contributed by atoms with E-state index in [0.29, 0.717) is 62.9 Å². The zero-order valence-corrected chi connectivity index (χ0v) is 42.0. The van der Waals surface area contributed by atoms with E-state index in [1.807, 2.05) is 30.3 Å². The lowest BCUT2D eigenvalue weighted by Crippen LogP contribution is -2.28. The number of nitrogen functional groups attached to an aromatic ring is 1. The van der Waals surface area contributed by atoms with Crippen molar-refractivity contribution in [1.82, 2.24) is 5.32 Å². The molecule has 2 aliphatic heterocycles. The highest BCUT2D eigenvalue weighted by Crippen LogP contribution is 2.48. The van der Waals surface area contributed by atoms with Crippen molar-refractivity contribution in [2.24, 2.45) is 0 Å². The summed E-state index contributed by atoms with van der Waals surface area (Å²) in [6.07, 6.45) is 18.1. The van der Waals surface area contributed by atoms with Gasteiger partial charge in [-0.2, -0.15) is 13.0 Å². The molecule has 0 unspecified atom stereocenters. The molecule has 7 rings (SSSR count). The van der Waals surface area contributed by atoms with E-state index in [9.17, 15) is 22.6 Å². The maximum atomic E-state index is 12.9. The summed E-state index contributed by atoms with van der Waals surface area (Å²) in [4.78, 5) is 27.6. The van der Waals surface area contributed by atoms with Crippen molar-refractivity contribution >= 4 is 44.6 Å². The van der Waals surface area contributed by atoms with Crippen LogP contribution in [-0.2, 0) is 32.2 Å². The first-order valence-electron chi connectivity index (χ1n) is 24.9. The van der Waals surface area contributed by atoms with E-state index >= 15 is 0 Å². The normalized spacial score (nSPS) is 17.5. The molecule has 10 nitrogen and oxygen atoms in total. The van der Waals surface area contributed by atoms with Crippen molar-refractivity contribution < 1.29 is 31.9 Å². The molecule has 2 heterocycles. The first kappa shape index (κ1) is 50.8. The number of hydrogen-bond acceptors (Lipinski definition) is 7. The number of nitrogens with one attached hydrogen (secondary N) is 1. The zero-order chi connectivity index (χ0) is 49.2. The number of benzene rings is 4. The molecule has 11 heteroatoms. The van der Waals surface area contributed by atoms with Gasteiger partial charge in [-0.3, -0.25) is 14.1 Å². The van der Waals surface area contributed by atoms with Gasteiger partial charge in [-0.25, -0.2) is 0 Å². The molecule has 1 aliphatic carbocycles. The van der Waals surface area contributed by atoms with E-state index in [2.05, 4.69) is 116 Å². The van der Waals surface area contributed by atoms with Gasteiger partial charge in [0, 0.05) is 78.1 Å². The molecule has 0 bridgehead atoms. The lowest BCUT2D eigenvalue weighted by molar-refractivity contribution is -0.438. The van der Waals surface area contributed by atoms with Crippen LogP contribution < -0.4 is 20.7 Å². The van der Waals surface area contributed by atoms with E-state index < -0.39 is 10.1 Å². The van der Waals surface area contributed by atoms with Crippen molar-refractivity contribution in [2.45, 2.75) is 122 Å². The number of unbranched alkanes of at least 4 members (excludes halogenated alkanes) is 3. The average molecular weight is 952 g/mol. The van der Waals surface area contributed by atoms with Crippen LogP contribution in [0.1, 0.15) is 132 Å². The number of allylic oxidation sites excluding steroid dienone is 7. The van der Waals surface area contributed by atoms with Crippen LogP contribution in [0, 0.1) is 0 Å². The van der Waals surface area contributed by atoms with Gasteiger partial charge in [0.25, 0.3) is 16.0 Å². The maximum Gasteiger partial charge on any atom is 0.264 e. The number of nitrogens with two attached hydrogens (primary N) is 1. The monoisotopic (exact) mass is 952 g/mol. The van der Waals surface area contributed by atoms with Crippen LogP contribution in [0.3, 0.4) is 0 Å². The number of ether oxygens (including phenoxy) is 1. The number of carbonyl (C=O) groups excluding carboxylic acids is 2. The summed E-state index contributed by atoms with van der Waals surface area (Å²) in [6.45, 7) is 13.4. The number of anilines is 2. The van der Waals surface area contributed by atoms with Crippen LogP contribution in [0.15, 0.2) is 144 Å². The number of ketones is 1. The number of amides is 1. The summed E-state index contributed by atoms with van der Waals surface area (Å²) in [5, 5.41) is 2.89. The number of Topliss-reactive ketones (excluding diaryl/α,β-unsaturated/α-hetero) is 1. The van der Waals surface area contributed by atoms with Gasteiger partial charge in [-0.1, -0.05) is 81.8 Å². The van der Waals surface area contributed by atoms with E-state index in [0.717, 1.165) is 78.3 Å². The lowest BCUT2D eigenvalue weighted by atomic mass is 9.81. The number of aryl methyl sites for hydroxylation is 1. The van der Waals surface area contributed by atoms with Gasteiger partial charge in [-0.15, -0.1) is 0 Å². The molecule has 364 valence electrons. The SMILES string of the molecule is CCCCC[N+]1=C(/C=C/C2=C(Oc3ccc(CCC(=O)CCCNC(=O)c4ccc(N)cc4)cc3)C(=C/C=C3/N(CCCCS(=O)(=O)O)c4ccccc4C3(C)C)/CCC2)C(C)(C)c2ccccc21. The summed E-state index contributed by atoms with van der Waals surface area (Å²) < 4.78 is 42.1. The Morgan fingerprint density at radius 3 is 2.28 bits per heavy atom. The molecule has 0 aromatic heterocycles. The second-order valence-electron chi connectivity index (χ2n) is 19.7. The molecule has 0 fully saturated rings. The summed E-state index contributed by atoms with van der Waals surface area (Å²) in [6, 6.07) is 32.1. The predicted octanol–water partition coefficient (Wildman–Crippen LogP) is 11.9. The molecule has 0 saturated carbocycles. The summed E-state index contributed by atoms with van der Waals surface area (Å²) >= 11 is 0. The second kappa shape index (κ2) is 22.6. The number of para-hydroxylation sites is 2. The fourth-order valence-electron chi connectivity index (χ4n) is 10.0. The summed E-state index contributed by atoms with van der Waals surface area (Å²) in [7, 11) is -4.04. The predicted molar refractivity (Wildman–Crippen MR) is 280 cm³/mol. The van der Waals surface area contributed by atoms with Crippen molar-refractivity contribution in [3.05, 3.63) is 166 Å². The molecular weight excluding hydrogens is 881 g/mol. The fraction of sp³-hybridized carbons (Fsp3) is 0.397. The average Bonchev–Trinajstić information content (AvgIpc) is 3.68. The third-order valence-electron chi connectivity index (χ3n) is 13.9. The Morgan fingerprint density at radius 2 is 1.54 bits per heavy atom. The maximum absolute atomic E-state index is 12.9. The molecule has 4 aromatic carbocycles. The van der Waals surface area contributed by atoms with Crippen LogP contribution in [0.4, 0.5) is 17.1 Å². The molecule has 0 saturated heterocycles. The Bertz CT molecular complexity index is 2760. The Morgan fingerprint density at radius 1 is 0.812 bits per heavy atom. The van der Waals surface area contributed by atoms with Crippen molar-refractivity contribution in [3.8, 4) is 5.75 Å². The molecular formula is C58H71N4O6S+. The van der Waals surface area contributed by atoms with E-state index in [1.165, 1.54) is 28.9 Å². The van der Waals surface area contributed by atoms with Crippen molar-refractivity contribution in [1.29, 1.82) is 0 Å². The standard InChI is InChI=1S/C58H70N4O6S/c1-6-7-12-39-61-51-22-10-8-20-49(51)57(2,3)53(61)36-29-43-17-15-18-44(30-37-54-58(4,5)50-21-9-11-23-52(50)62(54)40-13-14-41-69(65,66)67)55(43)68-48-34-25-42(26-35-48)24-33-47(63)19-16-38-60-56(64)45-27-31-46(59)32-28-45/h8-11,20-23,25-32,34-37H,6-7,12-19,24,33,38-41H2,1-5H3,(H3-,59,60,64,65,66,67)/p+1. The van der Waals surface area contributed by atoms with Gasteiger partial charge in [-0.05, 0) is 142 Å². The molecule has 69 heavy (non-hydrogen) atoms. The quantitative estimate of drug-likeness (QED) is 0.0306. The fourth-order valence-corrected chi connectivity index (χ4v) is 10.6. The highest BCUT2D eigenvalue weighted by Gasteiger charge is 2.44. The first-order chi connectivity index (χ1) is 33.1. The highest BCUT2D eigenvalue weighted by molar-refractivity contribution is 7.85. The number of rotatable bonds is 22. The second-order valence-corrected chi connectivity index (χ2v) is 21.3. The Hall–Kier alpha value is -6.04. The Balaban J connectivity index is 1.14. The lowest BCUT2D eigenvalue weighted by Gasteiger charge is -2.27. The Labute approximate surface area is 410 Å². The summed E-state index contributed by atoms with van der Waals surface area (Å²) in [5.74, 6) is 1.29. The molecule has 3 aliphatic rings. The minimum absolute atomic E-state index is 0.158. The number of hydrogen-bond donors (Lipinski definition) is 3. The van der Waals surface area contributed by atoms with Gasteiger partial charge >= 0.3 is 0 Å². The topological polar surface area (TPSA) is 142 Å². The largest absolute Gasteiger partial charge is 0.457 e. The minimum Gasteiger partial charge on any atom is -0.457 e. The molecule has 0 radical (unpaired) electrons. The third-order valence-corrected chi connectivity index (χ3v) is 14.7. The smallest absolute Gasteiger partial charge is 0.264 e. The molecule has 4 aromatic rings. The molecule has 0 atom stereocenters. The van der Waals surface area contributed by atoms with Gasteiger partial charge in [0.2, 0.25) is 5.69 Å². The molecule has 0 spiro atoms. The number of fused-ring (bicyclic) bond motifs is 2. The highest BCUT2D eigenvalue weighted by atomic mass is 32.2. The van der Waals surface area contributed by atoms with E-state index in [-0.39, 0.29) is 28.3 Å². The van der Waals surface area contributed by atoms with Gasteiger partial charge < -0.3 is 20.7 Å². The zero-order valence-electron chi connectivity index (χ0n) is 41.2. The van der Waals surface area contributed by atoms with E-state index in [1.54, 1.807) is 24.3 Å². The van der Waals surface area contributed by atoms with Crippen LogP contribution in [-0.4, -0.2) is 60.3 Å². The van der Waals surface area contributed by atoms with Gasteiger partial charge in [0.05, 0.1) is 11.2 Å². The van der Waals surface area contributed by atoms with Crippen LogP contribution >= 0.6 is 0 Å². The van der Waals surface area contributed by atoms with E-state index in [4.69, 9.17) is 10.5 Å².